The van der Waals surface area contributed by atoms with Crippen LogP contribution in [-0.4, -0.2) is 10.7 Å². The van der Waals surface area contributed by atoms with Crippen LogP contribution in [0, 0.1) is 17.8 Å². The molecular weight excluding hydrogens is 196 g/mol. The molecule has 1 fully saturated rings. The molecule has 1 nitrogen and oxygen atoms in total. The molecule has 16 heavy (non-hydrogen) atoms. The van der Waals surface area contributed by atoms with Gasteiger partial charge >= 0.3 is 0 Å². The smallest absolute Gasteiger partial charge is 0.128 e. The molecule has 0 aliphatic heterocycles. The van der Waals surface area contributed by atoms with Crippen LogP contribution in [0.25, 0.3) is 0 Å². The lowest BCUT2D eigenvalue weighted by Gasteiger charge is -2.41. The average molecular weight is 214 g/mol. The zero-order valence-electron chi connectivity index (χ0n) is 9.74. The van der Waals surface area contributed by atoms with Gasteiger partial charge in [0.05, 0.1) is 0 Å². The Kier molecular flexibility index (Phi) is 3.31. The van der Waals surface area contributed by atoms with Gasteiger partial charge in [0.2, 0.25) is 0 Å². The maximum Gasteiger partial charge on any atom is 0.128 e. The monoisotopic (exact) mass is 214 g/mol. The number of aliphatic hydroxyl groups is 1. The van der Waals surface area contributed by atoms with Gasteiger partial charge in [-0.1, -0.05) is 43.4 Å². The largest absolute Gasteiger partial charge is 0.377 e. The Morgan fingerprint density at radius 2 is 2.12 bits per heavy atom. The van der Waals surface area contributed by atoms with Crippen molar-refractivity contribution < 1.29 is 5.11 Å². The normalized spacial score (nSPS) is 27.8. The standard InChI is InChI=1S/C15H18O/c1-2-6-14-10-12-15(14,16)11-9-13-7-4-3-5-8-13/h3-5,7-8,14,16H,2,6,10,12H2,1H3/t14-,15+/m0/s1. The van der Waals surface area contributed by atoms with Crippen molar-refractivity contribution in [3.8, 4) is 11.8 Å². The molecule has 2 rings (SSSR count). The number of hydrogen-bond donors (Lipinski definition) is 1. The summed E-state index contributed by atoms with van der Waals surface area (Å²) < 4.78 is 0. The van der Waals surface area contributed by atoms with Crippen molar-refractivity contribution in [3.05, 3.63) is 35.9 Å². The van der Waals surface area contributed by atoms with E-state index < -0.39 is 5.60 Å². The molecule has 1 aromatic rings. The Bertz CT molecular complexity index is 398. The lowest BCUT2D eigenvalue weighted by Crippen LogP contribution is -2.45. The van der Waals surface area contributed by atoms with Crippen LogP contribution in [0.4, 0.5) is 0 Å². The fraction of sp³-hybridized carbons (Fsp3) is 0.467. The van der Waals surface area contributed by atoms with Crippen LogP contribution in [-0.2, 0) is 0 Å². The summed E-state index contributed by atoms with van der Waals surface area (Å²) in [4.78, 5) is 0. The predicted octanol–water partition coefficient (Wildman–Crippen LogP) is 2.98. The van der Waals surface area contributed by atoms with E-state index in [0.29, 0.717) is 5.92 Å². The summed E-state index contributed by atoms with van der Waals surface area (Å²) in [6.07, 6.45) is 4.16. The summed E-state index contributed by atoms with van der Waals surface area (Å²) in [7, 11) is 0. The van der Waals surface area contributed by atoms with E-state index in [1.54, 1.807) is 0 Å². The molecule has 0 bridgehead atoms. The predicted molar refractivity (Wildman–Crippen MR) is 65.9 cm³/mol. The number of hydrogen-bond acceptors (Lipinski definition) is 1. The van der Waals surface area contributed by atoms with Crippen molar-refractivity contribution in [2.24, 2.45) is 5.92 Å². The highest BCUT2D eigenvalue weighted by Crippen LogP contribution is 2.40. The first-order valence-electron chi connectivity index (χ1n) is 6.05. The minimum Gasteiger partial charge on any atom is -0.377 e. The van der Waals surface area contributed by atoms with Crippen molar-refractivity contribution in [2.75, 3.05) is 0 Å². The van der Waals surface area contributed by atoms with E-state index in [1.165, 1.54) is 0 Å². The molecule has 0 aromatic heterocycles. The summed E-state index contributed by atoms with van der Waals surface area (Å²) in [5, 5.41) is 10.3. The molecule has 2 atom stereocenters. The summed E-state index contributed by atoms with van der Waals surface area (Å²) in [5.74, 6) is 6.51. The summed E-state index contributed by atoms with van der Waals surface area (Å²) in [6.45, 7) is 2.16. The van der Waals surface area contributed by atoms with Crippen molar-refractivity contribution in [1.29, 1.82) is 0 Å². The molecular formula is C15H18O. The fourth-order valence-corrected chi connectivity index (χ4v) is 2.22. The zero-order chi connectivity index (χ0) is 11.4. The minimum atomic E-state index is -0.716. The van der Waals surface area contributed by atoms with Gasteiger partial charge in [0.15, 0.2) is 0 Å². The van der Waals surface area contributed by atoms with Gasteiger partial charge < -0.3 is 5.11 Å². The van der Waals surface area contributed by atoms with Gasteiger partial charge in [0.25, 0.3) is 0 Å². The van der Waals surface area contributed by atoms with Gasteiger partial charge in [-0.2, -0.15) is 0 Å². The molecule has 1 aliphatic carbocycles. The topological polar surface area (TPSA) is 20.2 Å². The number of benzene rings is 1. The molecule has 0 radical (unpaired) electrons. The van der Waals surface area contributed by atoms with E-state index >= 15 is 0 Å². The lowest BCUT2D eigenvalue weighted by atomic mass is 9.68. The molecule has 1 N–H and O–H groups in total. The van der Waals surface area contributed by atoms with E-state index in [0.717, 1.165) is 31.2 Å². The van der Waals surface area contributed by atoms with Crippen LogP contribution >= 0.6 is 0 Å². The van der Waals surface area contributed by atoms with Gasteiger partial charge in [-0.25, -0.2) is 0 Å². The highest BCUT2D eigenvalue weighted by atomic mass is 16.3. The third-order valence-electron chi connectivity index (χ3n) is 3.38. The second-order valence-electron chi connectivity index (χ2n) is 4.56. The van der Waals surface area contributed by atoms with Gasteiger partial charge in [-0.15, -0.1) is 0 Å². The molecule has 0 unspecified atom stereocenters. The quantitative estimate of drug-likeness (QED) is 0.750. The first kappa shape index (κ1) is 11.2. The highest BCUT2D eigenvalue weighted by molar-refractivity contribution is 5.37. The van der Waals surface area contributed by atoms with Crippen molar-refractivity contribution in [2.45, 2.75) is 38.2 Å². The van der Waals surface area contributed by atoms with Gasteiger partial charge in [0, 0.05) is 5.56 Å². The third kappa shape index (κ3) is 2.28. The van der Waals surface area contributed by atoms with E-state index in [4.69, 9.17) is 0 Å². The Morgan fingerprint density at radius 1 is 1.38 bits per heavy atom. The Morgan fingerprint density at radius 3 is 2.69 bits per heavy atom. The summed E-state index contributed by atoms with van der Waals surface area (Å²) in [5.41, 5.74) is 0.268. The minimum absolute atomic E-state index is 0.383. The second kappa shape index (κ2) is 4.72. The molecule has 0 spiro atoms. The third-order valence-corrected chi connectivity index (χ3v) is 3.38. The number of rotatable bonds is 2. The van der Waals surface area contributed by atoms with Gasteiger partial charge in [0.1, 0.15) is 5.60 Å². The van der Waals surface area contributed by atoms with Gasteiger partial charge in [-0.05, 0) is 37.3 Å². The van der Waals surface area contributed by atoms with Crippen LogP contribution in [0.3, 0.4) is 0 Å². The Labute approximate surface area is 97.5 Å². The molecule has 0 heterocycles. The summed E-state index contributed by atoms with van der Waals surface area (Å²) in [6, 6.07) is 9.87. The molecule has 0 saturated heterocycles. The molecule has 1 saturated carbocycles. The molecule has 1 aliphatic rings. The Balaban J connectivity index is 2.07. The van der Waals surface area contributed by atoms with Gasteiger partial charge in [-0.3, -0.25) is 0 Å². The van der Waals surface area contributed by atoms with E-state index in [1.807, 2.05) is 30.3 Å². The molecule has 0 amide bonds. The average Bonchev–Trinajstić information content (AvgIpc) is 2.33. The highest BCUT2D eigenvalue weighted by Gasteiger charge is 2.42. The van der Waals surface area contributed by atoms with Crippen LogP contribution in [0.2, 0.25) is 0 Å². The summed E-state index contributed by atoms with van der Waals surface area (Å²) >= 11 is 0. The van der Waals surface area contributed by atoms with Crippen molar-refractivity contribution in [3.63, 3.8) is 0 Å². The van der Waals surface area contributed by atoms with E-state index in [-0.39, 0.29) is 0 Å². The lowest BCUT2D eigenvalue weighted by molar-refractivity contribution is -0.0464. The van der Waals surface area contributed by atoms with Crippen LogP contribution in [0.5, 0.6) is 0 Å². The molecule has 1 heteroatoms. The van der Waals surface area contributed by atoms with Crippen LogP contribution in [0.15, 0.2) is 30.3 Å². The first-order valence-corrected chi connectivity index (χ1v) is 6.05. The molecule has 1 aromatic carbocycles. The van der Waals surface area contributed by atoms with E-state index in [2.05, 4.69) is 18.8 Å². The zero-order valence-corrected chi connectivity index (χ0v) is 9.74. The second-order valence-corrected chi connectivity index (χ2v) is 4.56. The van der Waals surface area contributed by atoms with Crippen molar-refractivity contribution >= 4 is 0 Å². The maximum atomic E-state index is 10.3. The van der Waals surface area contributed by atoms with Crippen LogP contribution < -0.4 is 0 Å². The maximum absolute atomic E-state index is 10.3. The fourth-order valence-electron chi connectivity index (χ4n) is 2.22. The van der Waals surface area contributed by atoms with Crippen LogP contribution in [0.1, 0.15) is 38.2 Å². The Hall–Kier alpha value is -1.26. The van der Waals surface area contributed by atoms with E-state index in [9.17, 15) is 5.11 Å². The van der Waals surface area contributed by atoms with Crippen molar-refractivity contribution in [1.82, 2.24) is 0 Å². The molecule has 84 valence electrons. The SMILES string of the molecule is CCC[C@H]1CC[C@]1(O)C#Cc1ccccc1. The first-order chi connectivity index (χ1) is 7.74.